The minimum absolute atomic E-state index is 0.849. The zero-order valence-corrected chi connectivity index (χ0v) is 48.6. The number of rotatable bonds is 27. The fraction of sp³-hybridized carbons (Fsp3) is 0.980. The zero-order chi connectivity index (χ0) is 68.1. The maximum Gasteiger partial charge on any atom is 0.217 e. The molecule has 0 aromatic heterocycles. The molecule has 1 amide bonds. The molecule has 7 fully saturated rings. The molecule has 0 aromatic carbocycles. The third kappa shape index (κ3) is 16.8. The van der Waals surface area contributed by atoms with Gasteiger partial charge in [0.2, 0.25) is 5.91 Å². The Hall–Kier alpha value is -2.13. The second-order valence-corrected chi connectivity index (χ2v) is 22.9. The van der Waals surface area contributed by atoms with Crippen LogP contribution in [0.4, 0.5) is 0 Å². The van der Waals surface area contributed by atoms with E-state index < -0.39 is 305 Å². The van der Waals surface area contributed by atoms with Crippen LogP contribution in [-0.4, -0.2) is 437 Å². The Bertz CT molecular complexity index is 2210. The van der Waals surface area contributed by atoms with E-state index >= 15 is 0 Å². The summed E-state index contributed by atoms with van der Waals surface area (Å²) in [5, 5.41) is 283. The van der Waals surface area contributed by atoms with Gasteiger partial charge in [0.15, 0.2) is 44.0 Å². The topological polar surface area (TPSA) is 684 Å². The molecule has 42 nitrogen and oxygen atoms in total. The van der Waals surface area contributed by atoms with Crippen molar-refractivity contribution in [2.24, 2.45) is 0 Å². The molecule has 538 valence electrons. The first-order chi connectivity index (χ1) is 43.6. The van der Waals surface area contributed by atoms with Crippen LogP contribution in [0.1, 0.15) is 6.92 Å². The molecule has 0 bridgehead atoms. The van der Waals surface area contributed by atoms with Crippen molar-refractivity contribution in [2.75, 3.05) is 59.5 Å². The largest absolute Gasteiger partial charge is 0.394 e. The van der Waals surface area contributed by atoms with E-state index in [1.165, 1.54) is 0 Å². The number of amides is 1. The van der Waals surface area contributed by atoms with Gasteiger partial charge in [-0.3, -0.25) is 4.79 Å². The highest BCUT2D eigenvalue weighted by molar-refractivity contribution is 5.73. The second kappa shape index (κ2) is 34.1. The third-order valence-corrected chi connectivity index (χ3v) is 16.7. The van der Waals surface area contributed by atoms with Crippen molar-refractivity contribution >= 4 is 5.91 Å². The van der Waals surface area contributed by atoms with Crippen molar-refractivity contribution in [3.05, 3.63) is 0 Å². The maximum absolute atomic E-state index is 12.2. The van der Waals surface area contributed by atoms with E-state index in [1.54, 1.807) is 0 Å². The molecule has 39 atom stereocenters. The molecule has 7 rings (SSSR count). The van der Waals surface area contributed by atoms with Gasteiger partial charge < -0.3 is 204 Å². The lowest BCUT2D eigenvalue weighted by atomic mass is 9.95. The van der Waals surface area contributed by atoms with Crippen LogP contribution in [0, 0.1) is 0 Å². The predicted octanol–water partition coefficient (Wildman–Crippen LogP) is -18.7. The van der Waals surface area contributed by atoms with Crippen molar-refractivity contribution in [1.82, 2.24) is 5.32 Å². The number of aliphatic hydroxyl groups excluding tert-OH is 26. The Morgan fingerprint density at radius 1 is 0.348 bits per heavy atom. The first kappa shape index (κ1) is 77.2. The number of carbonyl (C=O) groups is 1. The summed E-state index contributed by atoms with van der Waals surface area (Å²) in [5.74, 6) is -0.849. The maximum atomic E-state index is 12.2. The second-order valence-electron chi connectivity index (χ2n) is 22.9. The summed E-state index contributed by atoms with van der Waals surface area (Å²) < 4.78 is 80.3. The summed E-state index contributed by atoms with van der Waals surface area (Å²) in [5.41, 5.74) is 0. The van der Waals surface area contributed by atoms with Gasteiger partial charge in [-0.25, -0.2) is 0 Å². The van der Waals surface area contributed by atoms with E-state index in [0.717, 1.165) is 6.92 Å². The molecule has 0 saturated carbocycles. The fourth-order valence-corrected chi connectivity index (χ4v) is 11.3. The molecule has 0 unspecified atom stereocenters. The molecule has 7 saturated heterocycles. The molecular weight excluding hydrogens is 1270 g/mol. The standard InChI is InChI=1S/C50H87NO41/c1-11(60)51-12(2-52)21(62)38(13(61)3-53)87-47-37(78)40(89-49-43(33(74)26(67)17(7-57)84-49)92-50-42(32(73)25(66)18(8-58)85-50)91-46-35(76)30(71)23(64)15(5-55)82-46)28(69)20(86-47)10-79-44-36(77)39(27(68)19(9-59)80-44)88-48-41(31(72)24(65)16(6-56)83-48)90-45-34(75)29(70)22(63)14(4-54)81-45/h12-50,52-59,61-78H,2-10H2,1H3,(H,51,60)/t12-,13+,14+,15+,16+,17+,18+,19+,20+,21+,22+,23+,24+,25+,26+,27+,28+,29-,30-,31+,32-,33-,34-,35-,36-,37-,38+,39-,40-,41-,42-,43-,44-,45+,46+,47-,48+,49+,50+/m0/s1. The summed E-state index contributed by atoms with van der Waals surface area (Å²) in [7, 11) is 0. The quantitative estimate of drug-likeness (QED) is 0.0363. The number of ether oxygens (including phenoxy) is 14. The van der Waals surface area contributed by atoms with Gasteiger partial charge in [0.1, 0.15) is 189 Å². The highest BCUT2D eigenvalue weighted by Gasteiger charge is 2.59. The van der Waals surface area contributed by atoms with E-state index in [0.29, 0.717) is 0 Å². The van der Waals surface area contributed by atoms with E-state index in [1.807, 2.05) is 0 Å². The predicted molar refractivity (Wildman–Crippen MR) is 278 cm³/mol. The minimum Gasteiger partial charge on any atom is -0.394 e. The normalized spacial score (nSPS) is 48.5. The van der Waals surface area contributed by atoms with Gasteiger partial charge in [-0.2, -0.15) is 0 Å². The lowest BCUT2D eigenvalue weighted by Gasteiger charge is -2.50. The lowest BCUT2D eigenvalue weighted by Crippen LogP contribution is -2.68. The summed E-state index contributed by atoms with van der Waals surface area (Å²) in [4.78, 5) is 12.1. The van der Waals surface area contributed by atoms with E-state index in [2.05, 4.69) is 5.32 Å². The summed E-state index contributed by atoms with van der Waals surface area (Å²) >= 11 is 0. The van der Waals surface area contributed by atoms with Crippen LogP contribution in [0.15, 0.2) is 0 Å². The number of hydrogen-bond donors (Lipinski definition) is 27. The van der Waals surface area contributed by atoms with E-state index in [-0.39, 0.29) is 0 Å². The van der Waals surface area contributed by atoms with Gasteiger partial charge in [-0.15, -0.1) is 0 Å². The van der Waals surface area contributed by atoms with Crippen molar-refractivity contribution in [3.63, 3.8) is 0 Å². The molecule has 0 spiro atoms. The molecule has 27 N–H and O–H groups in total. The molecule has 7 aliphatic heterocycles. The SMILES string of the molecule is CC(=O)N[C@@H](CO)[C@@H](O)[C@H](O[C@@H]1O[C@H](CO[C@H]2O[C@H](CO)[C@@H](O)[C@H](O[C@H]3O[C@H](CO)[C@@H](O)[C@@H](O)[C@@H]3O[C@H]3O[C@H](CO)[C@@H](O)[C@H](O)[C@@H]3O)[C@@H]2O)[C@@H](O)[C@H](O[C@H]2O[C@H](CO)[C@@H](O)[C@H](O)[C@@H]2O[C@H]2O[C@H](CO)[C@@H](O)[C@H](O)[C@@H]2O[C@H]2O[C@H](CO)[C@@H](O)[C@H](O)[C@@H]2O)[C@@H]1O)[C@H](O)CO. The molecule has 42 heteroatoms. The van der Waals surface area contributed by atoms with Crippen LogP contribution in [-0.2, 0) is 71.1 Å². The summed E-state index contributed by atoms with van der Waals surface area (Å²) in [6, 6.07) is -1.71. The molecule has 0 radical (unpaired) electrons. The Morgan fingerprint density at radius 3 is 1.01 bits per heavy atom. The van der Waals surface area contributed by atoms with Crippen molar-refractivity contribution in [1.29, 1.82) is 0 Å². The molecule has 7 heterocycles. The van der Waals surface area contributed by atoms with Crippen LogP contribution in [0.25, 0.3) is 0 Å². The van der Waals surface area contributed by atoms with Gasteiger partial charge in [0.25, 0.3) is 0 Å². The van der Waals surface area contributed by atoms with Gasteiger partial charge in [0, 0.05) is 6.92 Å². The smallest absolute Gasteiger partial charge is 0.217 e. The minimum atomic E-state index is -2.52. The zero-order valence-electron chi connectivity index (χ0n) is 48.6. The first-order valence-electron chi connectivity index (χ1n) is 29.1. The van der Waals surface area contributed by atoms with Crippen molar-refractivity contribution in [2.45, 2.75) is 246 Å². The van der Waals surface area contributed by atoms with Crippen molar-refractivity contribution in [3.8, 4) is 0 Å². The molecule has 0 aliphatic carbocycles. The molecule has 92 heavy (non-hydrogen) atoms. The first-order valence-corrected chi connectivity index (χ1v) is 29.1. The Morgan fingerprint density at radius 2 is 0.652 bits per heavy atom. The van der Waals surface area contributed by atoms with E-state index in [4.69, 9.17) is 66.3 Å². The van der Waals surface area contributed by atoms with Crippen LogP contribution < -0.4 is 5.32 Å². The highest BCUT2D eigenvalue weighted by atomic mass is 16.8. The highest BCUT2D eigenvalue weighted by Crippen LogP contribution is 2.38. The van der Waals surface area contributed by atoms with Gasteiger partial charge in [-0.1, -0.05) is 0 Å². The average Bonchev–Trinajstić information content (AvgIpc) is 0.785. The Balaban J connectivity index is 1.20. The average molecular weight is 1360 g/mol. The van der Waals surface area contributed by atoms with Gasteiger partial charge in [0.05, 0.1) is 65.5 Å². The monoisotopic (exact) mass is 1360 g/mol. The lowest BCUT2D eigenvalue weighted by molar-refractivity contribution is -0.406. The van der Waals surface area contributed by atoms with Gasteiger partial charge in [-0.05, 0) is 0 Å². The van der Waals surface area contributed by atoms with Gasteiger partial charge >= 0.3 is 0 Å². The van der Waals surface area contributed by atoms with Crippen LogP contribution in [0.3, 0.4) is 0 Å². The van der Waals surface area contributed by atoms with Crippen LogP contribution >= 0.6 is 0 Å². The summed E-state index contributed by atoms with van der Waals surface area (Å²) in [6.07, 6.45) is -80.7. The number of hydrogen-bond acceptors (Lipinski definition) is 41. The van der Waals surface area contributed by atoms with Crippen molar-refractivity contribution < 1.29 is 204 Å². The fourth-order valence-electron chi connectivity index (χ4n) is 11.3. The third-order valence-electron chi connectivity index (χ3n) is 16.7. The molecule has 0 aromatic rings. The number of aliphatic hydroxyl groups is 26. The number of nitrogens with one attached hydrogen (secondary N) is 1. The summed E-state index contributed by atoms with van der Waals surface area (Å²) in [6.45, 7) is -8.85. The Kier molecular flexibility index (Phi) is 28.6. The molecule has 7 aliphatic rings. The Labute approximate surface area is 520 Å². The van der Waals surface area contributed by atoms with E-state index in [9.17, 15) is 138 Å². The molecular formula is C50H87NO41. The van der Waals surface area contributed by atoms with Crippen LogP contribution in [0.2, 0.25) is 0 Å². The van der Waals surface area contributed by atoms with Crippen LogP contribution in [0.5, 0.6) is 0 Å². The number of carbonyl (C=O) groups excluding carboxylic acids is 1.